The van der Waals surface area contributed by atoms with Crippen molar-refractivity contribution in [3.8, 4) is 0 Å². The van der Waals surface area contributed by atoms with Gasteiger partial charge in [-0.2, -0.15) is 0 Å². The normalized spacial score (nSPS) is 11.1. The third-order valence-electron chi connectivity index (χ3n) is 5.15. The molecule has 3 heteroatoms. The number of rotatable bonds is 5. The van der Waals surface area contributed by atoms with E-state index in [9.17, 15) is 0 Å². The molecule has 0 aliphatic rings. The summed E-state index contributed by atoms with van der Waals surface area (Å²) in [5.41, 5.74) is 7.90. The molecule has 4 rings (SSSR count). The zero-order valence-corrected chi connectivity index (χ0v) is 19.0. The number of hydrogen-bond donors (Lipinski definition) is 0. The van der Waals surface area contributed by atoms with Crippen LogP contribution < -0.4 is 4.90 Å². The molecular weight excluding hydrogens is 421 g/mol. The van der Waals surface area contributed by atoms with Gasteiger partial charge in [0.1, 0.15) is 0 Å². The van der Waals surface area contributed by atoms with Gasteiger partial charge in [0.25, 0.3) is 0 Å². The van der Waals surface area contributed by atoms with Crippen LogP contribution in [0.2, 0.25) is 10.0 Å². The Bertz CT molecular complexity index is 1150. The van der Waals surface area contributed by atoms with Crippen LogP contribution in [-0.4, -0.2) is 0 Å². The molecule has 0 aliphatic heterocycles. The minimum Gasteiger partial charge on any atom is -0.311 e. The van der Waals surface area contributed by atoms with Crippen LogP contribution in [0.15, 0.2) is 91.0 Å². The minimum atomic E-state index is 0.638. The summed E-state index contributed by atoms with van der Waals surface area (Å²) in [6, 6.07) is 31.2. The number of anilines is 3. The Hall–Kier alpha value is -3.00. The van der Waals surface area contributed by atoms with Crippen molar-refractivity contribution in [1.29, 1.82) is 0 Å². The first kappa shape index (κ1) is 21.2. The van der Waals surface area contributed by atoms with Crippen molar-refractivity contribution in [2.45, 2.75) is 13.8 Å². The summed E-state index contributed by atoms with van der Waals surface area (Å²) >= 11 is 12.3. The molecule has 1 nitrogen and oxygen atoms in total. The van der Waals surface area contributed by atoms with Crippen molar-refractivity contribution in [2.75, 3.05) is 4.90 Å². The van der Waals surface area contributed by atoms with E-state index in [4.69, 9.17) is 23.2 Å². The van der Waals surface area contributed by atoms with Gasteiger partial charge in [-0.15, -0.1) is 0 Å². The number of aryl methyl sites for hydroxylation is 2. The molecule has 0 unspecified atom stereocenters. The molecule has 0 radical (unpaired) electrons. The zero-order chi connectivity index (χ0) is 21.8. The maximum absolute atomic E-state index is 6.28. The predicted molar refractivity (Wildman–Crippen MR) is 136 cm³/mol. The van der Waals surface area contributed by atoms with Crippen LogP contribution in [0.3, 0.4) is 0 Å². The molecule has 0 spiro atoms. The highest BCUT2D eigenvalue weighted by Crippen LogP contribution is 2.35. The smallest absolute Gasteiger partial charge is 0.0493 e. The first-order chi connectivity index (χ1) is 15.0. The molecule has 0 saturated heterocycles. The molecule has 0 heterocycles. The SMILES string of the molecule is Cc1ccc(N(c2ccc(C)cc2)c2ccc(/C=C/c3ccc(Cl)cc3Cl)cc2)cc1. The Balaban J connectivity index is 1.65. The summed E-state index contributed by atoms with van der Waals surface area (Å²) in [7, 11) is 0. The van der Waals surface area contributed by atoms with Crippen LogP contribution in [0, 0.1) is 13.8 Å². The van der Waals surface area contributed by atoms with Crippen molar-refractivity contribution >= 4 is 52.4 Å². The van der Waals surface area contributed by atoms with E-state index >= 15 is 0 Å². The van der Waals surface area contributed by atoms with Gasteiger partial charge in [0.05, 0.1) is 0 Å². The predicted octanol–water partition coefficient (Wildman–Crippen LogP) is 9.25. The second-order valence-electron chi connectivity index (χ2n) is 7.60. The maximum atomic E-state index is 6.28. The molecule has 0 aromatic heterocycles. The fourth-order valence-electron chi connectivity index (χ4n) is 3.39. The lowest BCUT2D eigenvalue weighted by molar-refractivity contribution is 1.27. The Morgan fingerprint density at radius 2 is 1.06 bits per heavy atom. The van der Waals surface area contributed by atoms with Crippen molar-refractivity contribution < 1.29 is 0 Å². The van der Waals surface area contributed by atoms with E-state index in [0.717, 1.165) is 28.2 Å². The van der Waals surface area contributed by atoms with Crippen molar-refractivity contribution in [1.82, 2.24) is 0 Å². The van der Waals surface area contributed by atoms with Gasteiger partial charge < -0.3 is 4.90 Å². The molecule has 0 fully saturated rings. The minimum absolute atomic E-state index is 0.638. The van der Waals surface area contributed by atoms with Gasteiger partial charge in [-0.1, -0.05) is 88.9 Å². The molecule has 154 valence electrons. The van der Waals surface area contributed by atoms with E-state index in [0.29, 0.717) is 10.0 Å². The Morgan fingerprint density at radius 1 is 0.581 bits per heavy atom. The van der Waals surface area contributed by atoms with E-state index in [2.05, 4.69) is 97.6 Å². The van der Waals surface area contributed by atoms with Crippen molar-refractivity contribution in [2.24, 2.45) is 0 Å². The van der Waals surface area contributed by atoms with Crippen LogP contribution in [0.1, 0.15) is 22.3 Å². The van der Waals surface area contributed by atoms with Crippen molar-refractivity contribution in [3.05, 3.63) is 123 Å². The lowest BCUT2D eigenvalue weighted by atomic mass is 10.1. The summed E-state index contributed by atoms with van der Waals surface area (Å²) in [6.45, 7) is 4.21. The molecule has 4 aromatic rings. The van der Waals surface area contributed by atoms with Gasteiger partial charge in [0, 0.05) is 27.1 Å². The highest BCUT2D eigenvalue weighted by molar-refractivity contribution is 6.35. The molecule has 0 bridgehead atoms. The zero-order valence-electron chi connectivity index (χ0n) is 17.5. The van der Waals surface area contributed by atoms with Gasteiger partial charge in [0.2, 0.25) is 0 Å². The highest BCUT2D eigenvalue weighted by Gasteiger charge is 2.12. The largest absolute Gasteiger partial charge is 0.311 e. The topological polar surface area (TPSA) is 3.24 Å². The van der Waals surface area contributed by atoms with Crippen LogP contribution in [0.25, 0.3) is 12.2 Å². The number of benzene rings is 4. The maximum Gasteiger partial charge on any atom is 0.0493 e. The van der Waals surface area contributed by atoms with E-state index in [-0.39, 0.29) is 0 Å². The number of hydrogen-bond acceptors (Lipinski definition) is 1. The molecule has 0 atom stereocenters. The van der Waals surface area contributed by atoms with E-state index in [1.165, 1.54) is 11.1 Å². The summed E-state index contributed by atoms with van der Waals surface area (Å²) in [5, 5.41) is 1.28. The summed E-state index contributed by atoms with van der Waals surface area (Å²) in [6.07, 6.45) is 4.06. The van der Waals surface area contributed by atoms with E-state index < -0.39 is 0 Å². The fraction of sp³-hybridized carbons (Fsp3) is 0.0714. The van der Waals surface area contributed by atoms with Gasteiger partial charge in [-0.3, -0.25) is 0 Å². The molecule has 0 N–H and O–H groups in total. The number of nitrogens with zero attached hydrogens (tertiary/aromatic N) is 1. The Labute approximate surface area is 194 Å². The average molecular weight is 444 g/mol. The van der Waals surface area contributed by atoms with Crippen LogP contribution in [0.5, 0.6) is 0 Å². The molecular formula is C28H23Cl2N. The lowest BCUT2D eigenvalue weighted by Crippen LogP contribution is -2.09. The lowest BCUT2D eigenvalue weighted by Gasteiger charge is -2.25. The van der Waals surface area contributed by atoms with Gasteiger partial charge >= 0.3 is 0 Å². The first-order valence-electron chi connectivity index (χ1n) is 10.2. The standard InChI is InChI=1S/C28H23Cl2N/c1-20-3-13-25(14-4-20)31(26-15-5-21(2)6-16-26)27-17-8-22(9-18-27)7-10-23-11-12-24(29)19-28(23)30/h3-19H,1-2H3/b10-7+. The summed E-state index contributed by atoms with van der Waals surface area (Å²) < 4.78 is 0. The van der Waals surface area contributed by atoms with Gasteiger partial charge in [-0.05, 0) is 73.5 Å². The van der Waals surface area contributed by atoms with Gasteiger partial charge in [0.15, 0.2) is 0 Å². The monoisotopic (exact) mass is 443 g/mol. The number of halogens is 2. The van der Waals surface area contributed by atoms with E-state index in [1.54, 1.807) is 6.07 Å². The molecule has 0 saturated carbocycles. The van der Waals surface area contributed by atoms with Gasteiger partial charge in [-0.25, -0.2) is 0 Å². The Kier molecular flexibility index (Phi) is 6.46. The average Bonchev–Trinajstić information content (AvgIpc) is 2.77. The second kappa shape index (κ2) is 9.43. The quantitative estimate of drug-likeness (QED) is 0.277. The second-order valence-corrected chi connectivity index (χ2v) is 8.44. The fourth-order valence-corrected chi connectivity index (χ4v) is 3.86. The molecule has 4 aromatic carbocycles. The molecule has 0 amide bonds. The van der Waals surface area contributed by atoms with Crippen molar-refractivity contribution in [3.63, 3.8) is 0 Å². The summed E-state index contributed by atoms with van der Waals surface area (Å²) in [4.78, 5) is 2.27. The third-order valence-corrected chi connectivity index (χ3v) is 5.72. The highest BCUT2D eigenvalue weighted by atomic mass is 35.5. The molecule has 0 aliphatic carbocycles. The molecule has 31 heavy (non-hydrogen) atoms. The Morgan fingerprint density at radius 3 is 1.55 bits per heavy atom. The summed E-state index contributed by atoms with van der Waals surface area (Å²) in [5.74, 6) is 0. The third kappa shape index (κ3) is 5.19. The van der Waals surface area contributed by atoms with E-state index in [1.807, 2.05) is 18.2 Å². The van der Waals surface area contributed by atoms with Crippen LogP contribution in [0.4, 0.5) is 17.1 Å². The van der Waals surface area contributed by atoms with Crippen LogP contribution >= 0.6 is 23.2 Å². The first-order valence-corrected chi connectivity index (χ1v) is 10.9. The van der Waals surface area contributed by atoms with Crippen LogP contribution in [-0.2, 0) is 0 Å².